The summed E-state index contributed by atoms with van der Waals surface area (Å²) < 4.78 is 0. The van der Waals surface area contributed by atoms with E-state index in [1.807, 2.05) is 0 Å². The van der Waals surface area contributed by atoms with Crippen LogP contribution >= 0.6 is 11.1 Å². The average Bonchev–Trinajstić information content (AvgIpc) is 2.39. The van der Waals surface area contributed by atoms with E-state index in [4.69, 9.17) is 11.1 Å². The second kappa shape index (κ2) is 5.29. The second-order valence-corrected chi connectivity index (χ2v) is 7.68. The number of rotatable bonds is 3. The molecule has 0 saturated carbocycles. The Labute approximate surface area is 117 Å². The molecule has 0 aliphatic rings. The molecule has 2 aromatic carbocycles. The third kappa shape index (κ3) is 2.52. The maximum atomic E-state index is 6.40. The van der Waals surface area contributed by atoms with Crippen LogP contribution in [0.15, 0.2) is 48.5 Å². The van der Waals surface area contributed by atoms with Crippen LogP contribution < -0.4 is 0 Å². The van der Waals surface area contributed by atoms with Crippen molar-refractivity contribution >= 4 is 19.9 Å². The van der Waals surface area contributed by atoms with Crippen molar-refractivity contribution in [1.29, 1.82) is 0 Å². The van der Waals surface area contributed by atoms with E-state index in [1.165, 1.54) is 22.3 Å². The standard InChI is InChI=1S/C16H19ClSi/c1-12-4-8-14(9-5-12)16(3,18-17)15-10-6-13(2)7-11-15/h4-11H,18H2,1-3H3. The predicted molar refractivity (Wildman–Crippen MR) is 83.2 cm³/mol. The quantitative estimate of drug-likeness (QED) is 0.588. The Kier molecular flexibility index (Phi) is 3.93. The minimum absolute atomic E-state index is 0.0168. The summed E-state index contributed by atoms with van der Waals surface area (Å²) in [6, 6.07) is 17.5. The zero-order valence-electron chi connectivity index (χ0n) is 11.2. The van der Waals surface area contributed by atoms with Gasteiger partial charge in [-0.05, 0) is 25.0 Å². The van der Waals surface area contributed by atoms with Gasteiger partial charge in [-0.25, -0.2) is 0 Å². The summed E-state index contributed by atoms with van der Waals surface area (Å²) in [5.41, 5.74) is 5.25. The van der Waals surface area contributed by atoms with E-state index < -0.39 is 8.83 Å². The Balaban J connectivity index is 2.47. The lowest BCUT2D eigenvalue weighted by molar-refractivity contribution is 0.815. The van der Waals surface area contributed by atoms with E-state index >= 15 is 0 Å². The molecule has 0 aliphatic heterocycles. The van der Waals surface area contributed by atoms with Crippen LogP contribution in [0.2, 0.25) is 0 Å². The highest BCUT2D eigenvalue weighted by atomic mass is 35.6. The number of halogens is 1. The molecule has 18 heavy (non-hydrogen) atoms. The fourth-order valence-electron chi connectivity index (χ4n) is 2.16. The van der Waals surface area contributed by atoms with Crippen molar-refractivity contribution in [2.24, 2.45) is 0 Å². The van der Waals surface area contributed by atoms with Crippen LogP contribution in [-0.4, -0.2) is 8.83 Å². The molecule has 0 heterocycles. The molecule has 0 aliphatic carbocycles. The van der Waals surface area contributed by atoms with Gasteiger partial charge in [0.2, 0.25) is 0 Å². The molecule has 0 fully saturated rings. The minimum atomic E-state index is -0.717. The lowest BCUT2D eigenvalue weighted by Crippen LogP contribution is -2.28. The number of hydrogen-bond acceptors (Lipinski definition) is 0. The van der Waals surface area contributed by atoms with Crippen LogP contribution in [0.3, 0.4) is 0 Å². The maximum Gasteiger partial charge on any atom is 0.139 e. The van der Waals surface area contributed by atoms with Crippen LogP contribution in [0.1, 0.15) is 29.2 Å². The molecule has 94 valence electrons. The molecule has 0 unspecified atom stereocenters. The molecule has 0 bridgehead atoms. The Bertz CT molecular complexity index is 468. The van der Waals surface area contributed by atoms with Crippen LogP contribution in [0.25, 0.3) is 0 Å². The fourth-order valence-corrected chi connectivity index (χ4v) is 3.87. The molecule has 0 saturated heterocycles. The first-order valence-corrected chi connectivity index (χ1v) is 9.11. The van der Waals surface area contributed by atoms with Gasteiger partial charge < -0.3 is 0 Å². The van der Waals surface area contributed by atoms with Crippen molar-refractivity contribution < 1.29 is 0 Å². The summed E-state index contributed by atoms with van der Waals surface area (Å²) in [6.45, 7) is 6.50. The van der Waals surface area contributed by atoms with Crippen LogP contribution in [0, 0.1) is 13.8 Å². The number of benzene rings is 2. The molecular weight excluding hydrogens is 256 g/mol. The average molecular weight is 275 g/mol. The summed E-state index contributed by atoms with van der Waals surface area (Å²) in [7, 11) is -0.717. The molecule has 2 heteroatoms. The van der Waals surface area contributed by atoms with E-state index in [1.54, 1.807) is 0 Å². The lowest BCUT2D eigenvalue weighted by Gasteiger charge is -2.28. The number of hydrogen-bond donors (Lipinski definition) is 0. The predicted octanol–water partition coefficient (Wildman–Crippen LogP) is 3.89. The van der Waals surface area contributed by atoms with Gasteiger partial charge >= 0.3 is 0 Å². The van der Waals surface area contributed by atoms with Crippen molar-refractivity contribution in [1.82, 2.24) is 0 Å². The van der Waals surface area contributed by atoms with Gasteiger partial charge in [-0.3, -0.25) is 0 Å². The van der Waals surface area contributed by atoms with Crippen molar-refractivity contribution in [3.05, 3.63) is 70.8 Å². The molecule has 0 amide bonds. The van der Waals surface area contributed by atoms with E-state index in [-0.39, 0.29) is 5.04 Å². The summed E-state index contributed by atoms with van der Waals surface area (Å²) in [5.74, 6) is 0. The molecule has 0 atom stereocenters. The molecule has 0 spiro atoms. The third-order valence-corrected chi connectivity index (χ3v) is 6.60. The Morgan fingerprint density at radius 1 is 0.778 bits per heavy atom. The van der Waals surface area contributed by atoms with E-state index in [0.29, 0.717) is 0 Å². The summed E-state index contributed by atoms with van der Waals surface area (Å²) in [6.07, 6.45) is 0. The topological polar surface area (TPSA) is 0 Å². The molecule has 0 N–H and O–H groups in total. The largest absolute Gasteiger partial charge is 0.175 e. The van der Waals surface area contributed by atoms with Crippen molar-refractivity contribution in [2.75, 3.05) is 0 Å². The lowest BCUT2D eigenvalue weighted by atomic mass is 9.91. The molecular formula is C16H19ClSi. The minimum Gasteiger partial charge on any atom is -0.175 e. The van der Waals surface area contributed by atoms with E-state index in [0.717, 1.165) is 0 Å². The highest BCUT2D eigenvalue weighted by molar-refractivity contribution is 6.95. The van der Waals surface area contributed by atoms with Gasteiger partial charge in [0.05, 0.1) is 0 Å². The second-order valence-electron chi connectivity index (χ2n) is 5.20. The number of aryl methyl sites for hydroxylation is 2. The van der Waals surface area contributed by atoms with Gasteiger partial charge in [-0.2, -0.15) is 11.1 Å². The SMILES string of the molecule is Cc1ccc(C(C)([SiH2]Cl)c2ccc(C)cc2)cc1. The molecule has 2 rings (SSSR count). The molecule has 0 radical (unpaired) electrons. The van der Waals surface area contributed by atoms with E-state index in [9.17, 15) is 0 Å². The zero-order valence-corrected chi connectivity index (χ0v) is 13.4. The fraction of sp³-hybridized carbons (Fsp3) is 0.250. The highest BCUT2D eigenvalue weighted by Gasteiger charge is 2.28. The highest BCUT2D eigenvalue weighted by Crippen LogP contribution is 2.32. The van der Waals surface area contributed by atoms with Gasteiger partial charge in [0.25, 0.3) is 0 Å². The van der Waals surface area contributed by atoms with Crippen molar-refractivity contribution in [3.63, 3.8) is 0 Å². The molecule has 0 nitrogen and oxygen atoms in total. The third-order valence-electron chi connectivity index (χ3n) is 3.64. The Morgan fingerprint density at radius 3 is 1.39 bits per heavy atom. The van der Waals surface area contributed by atoms with Crippen molar-refractivity contribution in [3.8, 4) is 0 Å². The first-order chi connectivity index (χ1) is 8.56. The van der Waals surface area contributed by atoms with Gasteiger partial charge in [0, 0.05) is 5.04 Å². The summed E-state index contributed by atoms with van der Waals surface area (Å²) >= 11 is 6.40. The monoisotopic (exact) mass is 274 g/mol. The normalized spacial score (nSPS) is 12.2. The Hall–Kier alpha value is -1.05. The first kappa shape index (κ1) is 13.4. The first-order valence-electron chi connectivity index (χ1n) is 6.26. The van der Waals surface area contributed by atoms with Crippen LogP contribution in [0.5, 0.6) is 0 Å². The smallest absolute Gasteiger partial charge is 0.139 e. The van der Waals surface area contributed by atoms with Crippen LogP contribution in [-0.2, 0) is 5.04 Å². The van der Waals surface area contributed by atoms with Gasteiger partial charge in [-0.15, -0.1) is 0 Å². The Morgan fingerprint density at radius 2 is 1.11 bits per heavy atom. The van der Waals surface area contributed by atoms with Gasteiger partial charge in [0.1, 0.15) is 8.83 Å². The van der Waals surface area contributed by atoms with Gasteiger partial charge in [-0.1, -0.05) is 66.6 Å². The summed E-state index contributed by atoms with van der Waals surface area (Å²) in [4.78, 5) is 0. The summed E-state index contributed by atoms with van der Waals surface area (Å²) in [5, 5.41) is 0.0168. The molecule has 0 aromatic heterocycles. The molecule has 2 aromatic rings. The zero-order chi connectivity index (χ0) is 13.2. The van der Waals surface area contributed by atoms with E-state index in [2.05, 4.69) is 69.3 Å². The van der Waals surface area contributed by atoms with Crippen LogP contribution in [0.4, 0.5) is 0 Å². The maximum absolute atomic E-state index is 6.40. The van der Waals surface area contributed by atoms with Crippen molar-refractivity contribution in [2.45, 2.75) is 25.8 Å². The van der Waals surface area contributed by atoms with Gasteiger partial charge in [0.15, 0.2) is 0 Å².